The first-order valence-corrected chi connectivity index (χ1v) is 4.26. The predicted octanol–water partition coefficient (Wildman–Crippen LogP) is -1.13. The van der Waals surface area contributed by atoms with Crippen molar-refractivity contribution in [3.8, 4) is 0 Å². The van der Waals surface area contributed by atoms with Gasteiger partial charge in [0, 0.05) is 6.54 Å². The Morgan fingerprint density at radius 1 is 1.79 bits per heavy atom. The van der Waals surface area contributed by atoms with E-state index in [1.807, 2.05) is 0 Å². The maximum atomic E-state index is 11.1. The average Bonchev–Trinajstić information content (AvgIpc) is 2.39. The number of nitrogens with zero attached hydrogens (tertiary/aromatic N) is 1. The van der Waals surface area contributed by atoms with Crippen molar-refractivity contribution in [2.75, 3.05) is 6.54 Å². The van der Waals surface area contributed by atoms with Gasteiger partial charge in [0.2, 0.25) is 5.91 Å². The quantitative estimate of drug-likeness (QED) is 0.548. The monoisotopic (exact) mass is 198 g/mol. The molecule has 0 aromatic rings. The van der Waals surface area contributed by atoms with Gasteiger partial charge in [-0.3, -0.25) is 9.69 Å². The van der Waals surface area contributed by atoms with Gasteiger partial charge in [-0.2, -0.15) is 0 Å². The van der Waals surface area contributed by atoms with Gasteiger partial charge in [-0.1, -0.05) is 0 Å². The second-order valence-electron chi connectivity index (χ2n) is 3.16. The normalized spacial score (nSPS) is 32.5. The van der Waals surface area contributed by atoms with Gasteiger partial charge >= 0.3 is 5.97 Å². The van der Waals surface area contributed by atoms with Crippen LogP contribution in [-0.2, 0) is 14.3 Å². The molecule has 2 saturated heterocycles. The molecule has 0 aliphatic carbocycles. The van der Waals surface area contributed by atoms with Gasteiger partial charge < -0.3 is 15.6 Å². The average molecular weight is 198 g/mol. The summed E-state index contributed by atoms with van der Waals surface area (Å²) in [6.07, 6.45) is 1.34. The number of carboxylic acid groups (broad SMARTS) is 1. The Balaban J connectivity index is 2.26. The molecule has 6 heteroatoms. The van der Waals surface area contributed by atoms with E-state index in [9.17, 15) is 9.59 Å². The number of carbonyl (C=O) groups is 2. The molecular weight excluding hydrogens is 188 g/mol. The summed E-state index contributed by atoms with van der Waals surface area (Å²) in [6.45, 7) is 0.202. The SMILES string of the molecule is NC/C=C1/O[C@H]2CC(=O)N2[C@@H]1C(=O)O. The van der Waals surface area contributed by atoms with Gasteiger partial charge in [0.1, 0.15) is 5.76 Å². The molecule has 2 aliphatic rings. The molecule has 1 amide bonds. The Hall–Kier alpha value is -1.56. The third-order valence-corrected chi connectivity index (χ3v) is 2.32. The molecule has 76 valence electrons. The Morgan fingerprint density at radius 2 is 2.50 bits per heavy atom. The van der Waals surface area contributed by atoms with E-state index in [0.29, 0.717) is 0 Å². The van der Waals surface area contributed by atoms with Crippen LogP contribution in [-0.4, -0.2) is 40.7 Å². The molecule has 0 spiro atoms. The molecule has 2 aliphatic heterocycles. The van der Waals surface area contributed by atoms with Gasteiger partial charge in [0.25, 0.3) is 0 Å². The lowest BCUT2D eigenvalue weighted by atomic mass is 10.1. The van der Waals surface area contributed by atoms with E-state index >= 15 is 0 Å². The molecule has 2 atom stereocenters. The Kier molecular flexibility index (Phi) is 1.92. The fourth-order valence-electron chi connectivity index (χ4n) is 1.69. The number of nitrogens with two attached hydrogens (primary N) is 1. The van der Waals surface area contributed by atoms with Crippen LogP contribution in [0.25, 0.3) is 0 Å². The topological polar surface area (TPSA) is 92.9 Å². The molecule has 0 bridgehead atoms. The molecule has 2 heterocycles. The minimum atomic E-state index is -1.08. The first-order valence-electron chi connectivity index (χ1n) is 4.26. The molecule has 6 nitrogen and oxygen atoms in total. The van der Waals surface area contributed by atoms with E-state index in [-0.39, 0.29) is 24.6 Å². The number of carboxylic acids is 1. The summed E-state index contributed by atoms with van der Waals surface area (Å²) >= 11 is 0. The van der Waals surface area contributed by atoms with E-state index in [1.54, 1.807) is 0 Å². The van der Waals surface area contributed by atoms with Crippen LogP contribution in [0.2, 0.25) is 0 Å². The zero-order chi connectivity index (χ0) is 10.3. The first-order chi connectivity index (χ1) is 6.65. The second-order valence-corrected chi connectivity index (χ2v) is 3.16. The molecule has 2 fully saturated rings. The number of hydrogen-bond acceptors (Lipinski definition) is 4. The summed E-state index contributed by atoms with van der Waals surface area (Å²) in [4.78, 5) is 23.2. The predicted molar refractivity (Wildman–Crippen MR) is 44.9 cm³/mol. The standard InChI is InChI=1S/C8H10N2O4/c9-2-1-4-7(8(12)13)10-5(11)3-6(10)14-4/h1,6-7H,2-3,9H2,(H,12,13)/b4-1+/t6-,7-/m0/s1. The second kappa shape index (κ2) is 2.98. The fraction of sp³-hybridized carbons (Fsp3) is 0.500. The van der Waals surface area contributed by atoms with Crippen LogP contribution < -0.4 is 5.73 Å². The summed E-state index contributed by atoms with van der Waals surface area (Å²) < 4.78 is 5.25. The van der Waals surface area contributed by atoms with Gasteiger partial charge in [-0.15, -0.1) is 0 Å². The van der Waals surface area contributed by atoms with Gasteiger partial charge in [0.15, 0.2) is 12.3 Å². The highest BCUT2D eigenvalue weighted by Gasteiger charge is 2.53. The lowest BCUT2D eigenvalue weighted by Gasteiger charge is -2.33. The molecule has 0 radical (unpaired) electrons. The van der Waals surface area contributed by atoms with Crippen LogP contribution in [0.1, 0.15) is 6.42 Å². The minimum absolute atomic E-state index is 0.192. The van der Waals surface area contributed by atoms with Gasteiger partial charge in [-0.05, 0) is 6.08 Å². The van der Waals surface area contributed by atoms with Crippen molar-refractivity contribution in [3.05, 3.63) is 11.8 Å². The molecule has 0 aromatic carbocycles. The van der Waals surface area contributed by atoms with E-state index in [1.165, 1.54) is 11.0 Å². The molecule has 2 rings (SSSR count). The summed E-state index contributed by atoms with van der Waals surface area (Å²) in [5.74, 6) is -1.00. The summed E-state index contributed by atoms with van der Waals surface area (Å²) in [5, 5.41) is 8.89. The van der Waals surface area contributed by atoms with Crippen molar-refractivity contribution in [2.24, 2.45) is 5.73 Å². The number of ether oxygens (including phenoxy) is 1. The smallest absolute Gasteiger partial charge is 0.334 e. The first kappa shape index (κ1) is 9.01. The number of rotatable bonds is 2. The third kappa shape index (κ3) is 1.07. The number of carbonyl (C=O) groups excluding carboxylic acids is 1. The lowest BCUT2D eigenvalue weighted by Crippen LogP contribution is -2.54. The van der Waals surface area contributed by atoms with Crippen LogP contribution in [0.15, 0.2) is 11.8 Å². The lowest BCUT2D eigenvalue weighted by molar-refractivity contribution is -0.163. The van der Waals surface area contributed by atoms with Crippen LogP contribution in [0.5, 0.6) is 0 Å². The van der Waals surface area contributed by atoms with Crippen molar-refractivity contribution in [3.63, 3.8) is 0 Å². The molecule has 14 heavy (non-hydrogen) atoms. The number of amides is 1. The maximum absolute atomic E-state index is 11.1. The summed E-state index contributed by atoms with van der Waals surface area (Å²) in [5.41, 5.74) is 5.26. The molecular formula is C8H10N2O4. The van der Waals surface area contributed by atoms with Crippen molar-refractivity contribution < 1.29 is 19.4 Å². The van der Waals surface area contributed by atoms with Crippen LogP contribution in [0.4, 0.5) is 0 Å². The van der Waals surface area contributed by atoms with Crippen molar-refractivity contribution in [1.82, 2.24) is 4.90 Å². The number of aliphatic carboxylic acids is 1. The number of hydrogen-bond donors (Lipinski definition) is 2. The molecule has 0 aromatic heterocycles. The maximum Gasteiger partial charge on any atom is 0.334 e. The van der Waals surface area contributed by atoms with Crippen LogP contribution in [0, 0.1) is 0 Å². The molecule has 0 saturated carbocycles. The van der Waals surface area contributed by atoms with E-state index in [2.05, 4.69) is 0 Å². The van der Waals surface area contributed by atoms with Crippen LogP contribution >= 0.6 is 0 Å². The van der Waals surface area contributed by atoms with Gasteiger partial charge in [0.05, 0.1) is 6.42 Å². The Labute approximate surface area is 79.9 Å². The largest absolute Gasteiger partial charge is 0.479 e. The fourth-order valence-corrected chi connectivity index (χ4v) is 1.69. The number of β-lactam (4-membered cyclic amide) rings is 1. The highest BCUT2D eigenvalue weighted by Crippen LogP contribution is 2.36. The van der Waals surface area contributed by atoms with Crippen molar-refractivity contribution in [1.29, 1.82) is 0 Å². The van der Waals surface area contributed by atoms with Gasteiger partial charge in [-0.25, -0.2) is 4.79 Å². The van der Waals surface area contributed by atoms with Crippen LogP contribution in [0.3, 0.4) is 0 Å². The Bertz CT molecular complexity index is 325. The highest BCUT2D eigenvalue weighted by atomic mass is 16.5. The molecule has 3 N–H and O–H groups in total. The van der Waals surface area contributed by atoms with E-state index in [0.717, 1.165) is 0 Å². The molecule has 0 unspecified atom stereocenters. The third-order valence-electron chi connectivity index (χ3n) is 2.32. The highest BCUT2D eigenvalue weighted by molar-refractivity contribution is 5.91. The number of fused-ring (bicyclic) bond motifs is 1. The zero-order valence-corrected chi connectivity index (χ0v) is 7.34. The van der Waals surface area contributed by atoms with E-state index in [4.69, 9.17) is 15.6 Å². The minimum Gasteiger partial charge on any atom is -0.479 e. The van der Waals surface area contributed by atoms with E-state index < -0.39 is 18.2 Å². The summed E-state index contributed by atoms with van der Waals surface area (Å²) in [6, 6.07) is -0.982. The zero-order valence-electron chi connectivity index (χ0n) is 7.34. The van der Waals surface area contributed by atoms with Crippen molar-refractivity contribution >= 4 is 11.9 Å². The van der Waals surface area contributed by atoms with Crippen molar-refractivity contribution in [2.45, 2.75) is 18.7 Å². The Morgan fingerprint density at radius 3 is 3.00 bits per heavy atom. The summed E-state index contributed by atoms with van der Waals surface area (Å²) in [7, 11) is 0.